The third-order valence-corrected chi connectivity index (χ3v) is 2.96. The molecule has 6 nitrogen and oxygen atoms in total. The molecule has 0 aliphatic rings. The van der Waals surface area contributed by atoms with E-state index in [1.807, 2.05) is 6.07 Å². The smallest absolute Gasteiger partial charge is 0.313 e. The fourth-order valence-corrected chi connectivity index (χ4v) is 1.93. The van der Waals surface area contributed by atoms with Crippen molar-refractivity contribution in [3.8, 4) is 11.8 Å². The van der Waals surface area contributed by atoms with Crippen LogP contribution in [0, 0.1) is 18.3 Å². The molecule has 0 saturated heterocycles. The lowest BCUT2D eigenvalue weighted by Crippen LogP contribution is -2.37. The number of benzene rings is 1. The van der Waals surface area contributed by atoms with Crippen molar-refractivity contribution < 1.29 is 4.79 Å². The predicted octanol–water partition coefficient (Wildman–Crippen LogP) is 0.909. The maximum Gasteiger partial charge on any atom is 0.333 e. The minimum atomic E-state index is -0.733. The Morgan fingerprint density at radius 2 is 2.05 bits per heavy atom. The molecule has 0 aliphatic heterocycles. The van der Waals surface area contributed by atoms with E-state index in [0.29, 0.717) is 5.56 Å². The van der Waals surface area contributed by atoms with Gasteiger partial charge in [-0.3, -0.25) is 9.59 Å². The highest BCUT2D eigenvalue weighted by molar-refractivity contribution is 5.93. The van der Waals surface area contributed by atoms with Gasteiger partial charge in [0.1, 0.15) is 6.07 Å². The van der Waals surface area contributed by atoms with E-state index in [4.69, 9.17) is 0 Å². The Kier molecular flexibility index (Phi) is 3.36. The van der Waals surface area contributed by atoms with Gasteiger partial charge in [0.25, 0.3) is 5.56 Å². The number of nitrogens with zero attached hydrogens (tertiary/aromatic N) is 2. The van der Waals surface area contributed by atoms with Crippen LogP contribution in [-0.4, -0.2) is 15.3 Å². The summed E-state index contributed by atoms with van der Waals surface area (Å²) < 4.78 is 0.808. The first-order valence-corrected chi connectivity index (χ1v) is 5.83. The van der Waals surface area contributed by atoms with Crippen LogP contribution >= 0.6 is 0 Å². The van der Waals surface area contributed by atoms with Gasteiger partial charge in [0.05, 0.1) is 16.8 Å². The standard InChI is InChI=1S/C14H11N3O3/c1-8-4-3-5-12(10(8)6-15)17-13(19)11(9(2)18)7-16-14(17)20/h3-5,7H,1-2H3,(H,16,20). The molecule has 1 heterocycles. The average Bonchev–Trinajstić information content (AvgIpc) is 2.38. The number of H-pyrrole nitrogens is 1. The SMILES string of the molecule is CC(=O)c1c[nH]c(=O)n(-c2cccc(C)c2C#N)c1=O. The Balaban J connectivity index is 2.92. The van der Waals surface area contributed by atoms with E-state index in [9.17, 15) is 19.6 Å². The second-order valence-electron chi connectivity index (χ2n) is 4.29. The van der Waals surface area contributed by atoms with Crippen LogP contribution in [0.3, 0.4) is 0 Å². The molecule has 100 valence electrons. The van der Waals surface area contributed by atoms with Crippen LogP contribution in [0.1, 0.15) is 28.4 Å². The molecule has 0 radical (unpaired) electrons. The summed E-state index contributed by atoms with van der Waals surface area (Å²) in [4.78, 5) is 37.8. The molecule has 0 amide bonds. The minimum absolute atomic E-state index is 0.130. The van der Waals surface area contributed by atoms with E-state index in [1.54, 1.807) is 19.1 Å². The summed E-state index contributed by atoms with van der Waals surface area (Å²) in [6, 6.07) is 6.80. The van der Waals surface area contributed by atoms with Gasteiger partial charge in [-0.2, -0.15) is 5.26 Å². The van der Waals surface area contributed by atoms with Crippen LogP contribution in [0.4, 0.5) is 0 Å². The van der Waals surface area contributed by atoms with Crippen LogP contribution in [0.25, 0.3) is 5.69 Å². The Bertz CT molecular complexity index is 853. The molecule has 0 saturated carbocycles. The second-order valence-corrected chi connectivity index (χ2v) is 4.29. The van der Waals surface area contributed by atoms with E-state index in [0.717, 1.165) is 10.8 Å². The minimum Gasteiger partial charge on any atom is -0.313 e. The van der Waals surface area contributed by atoms with E-state index in [1.165, 1.54) is 13.0 Å². The molecular formula is C14H11N3O3. The summed E-state index contributed by atoms with van der Waals surface area (Å²) in [5.74, 6) is -0.453. The summed E-state index contributed by atoms with van der Waals surface area (Å²) in [5.41, 5.74) is -0.521. The Hall–Kier alpha value is -2.94. The molecular weight excluding hydrogens is 258 g/mol. The third kappa shape index (κ3) is 2.06. The third-order valence-electron chi connectivity index (χ3n) is 2.96. The highest BCUT2D eigenvalue weighted by Crippen LogP contribution is 2.14. The lowest BCUT2D eigenvalue weighted by Gasteiger charge is -2.09. The molecule has 0 spiro atoms. The molecule has 2 aromatic rings. The molecule has 1 aromatic carbocycles. The van der Waals surface area contributed by atoms with Gasteiger partial charge < -0.3 is 4.98 Å². The molecule has 6 heteroatoms. The first-order chi connectivity index (χ1) is 9.47. The number of aromatic nitrogens is 2. The molecule has 0 atom stereocenters. The summed E-state index contributed by atoms with van der Waals surface area (Å²) in [6.07, 6.45) is 1.09. The van der Waals surface area contributed by atoms with Gasteiger partial charge in [0, 0.05) is 6.20 Å². The molecule has 0 aliphatic carbocycles. The number of carbonyl (C=O) groups is 1. The van der Waals surface area contributed by atoms with Crippen molar-refractivity contribution in [3.63, 3.8) is 0 Å². The van der Waals surface area contributed by atoms with Crippen LogP contribution < -0.4 is 11.2 Å². The largest absolute Gasteiger partial charge is 0.333 e. The highest BCUT2D eigenvalue weighted by Gasteiger charge is 2.15. The van der Waals surface area contributed by atoms with E-state index < -0.39 is 17.0 Å². The molecule has 20 heavy (non-hydrogen) atoms. The van der Waals surface area contributed by atoms with Gasteiger partial charge in [-0.1, -0.05) is 12.1 Å². The van der Waals surface area contributed by atoms with Crippen LogP contribution in [0.15, 0.2) is 34.0 Å². The van der Waals surface area contributed by atoms with Gasteiger partial charge in [-0.25, -0.2) is 9.36 Å². The van der Waals surface area contributed by atoms with Gasteiger partial charge in [-0.05, 0) is 25.5 Å². The maximum atomic E-state index is 12.2. The molecule has 0 fully saturated rings. The molecule has 0 unspecified atom stereocenters. The van der Waals surface area contributed by atoms with Crippen molar-refractivity contribution in [2.24, 2.45) is 0 Å². The van der Waals surface area contributed by atoms with Crippen LogP contribution in [0.2, 0.25) is 0 Å². The van der Waals surface area contributed by atoms with Crippen molar-refractivity contribution in [1.29, 1.82) is 5.26 Å². The number of hydrogen-bond donors (Lipinski definition) is 1. The van der Waals surface area contributed by atoms with Gasteiger partial charge >= 0.3 is 5.69 Å². The number of nitrogens with one attached hydrogen (secondary N) is 1. The van der Waals surface area contributed by atoms with Gasteiger partial charge in [0.2, 0.25) is 0 Å². The zero-order valence-corrected chi connectivity index (χ0v) is 10.9. The molecule has 0 bridgehead atoms. The molecule has 1 aromatic heterocycles. The van der Waals surface area contributed by atoms with Crippen LogP contribution in [0.5, 0.6) is 0 Å². The number of nitriles is 1. The zero-order valence-electron chi connectivity index (χ0n) is 10.9. The monoisotopic (exact) mass is 269 g/mol. The van der Waals surface area contributed by atoms with Crippen molar-refractivity contribution in [2.75, 3.05) is 0 Å². The van der Waals surface area contributed by atoms with Crippen LogP contribution in [-0.2, 0) is 0 Å². The number of Topliss-reactive ketones (excluding diaryl/α,β-unsaturated/α-hetero) is 1. The first-order valence-electron chi connectivity index (χ1n) is 5.83. The second kappa shape index (κ2) is 4.97. The number of ketones is 1. The average molecular weight is 269 g/mol. The predicted molar refractivity (Wildman–Crippen MR) is 72.1 cm³/mol. The van der Waals surface area contributed by atoms with Crippen molar-refractivity contribution in [1.82, 2.24) is 9.55 Å². The Labute approximate surface area is 113 Å². The lowest BCUT2D eigenvalue weighted by molar-refractivity contribution is 0.101. The van der Waals surface area contributed by atoms with Gasteiger partial charge in [-0.15, -0.1) is 0 Å². The maximum absolute atomic E-state index is 12.2. The summed E-state index contributed by atoms with van der Waals surface area (Å²) in [7, 11) is 0. The van der Waals surface area contributed by atoms with E-state index in [-0.39, 0.29) is 16.8 Å². The topological polar surface area (TPSA) is 95.7 Å². The lowest BCUT2D eigenvalue weighted by atomic mass is 10.1. The summed E-state index contributed by atoms with van der Waals surface area (Å²) in [6.45, 7) is 2.94. The first kappa shape index (κ1) is 13.5. The van der Waals surface area contributed by atoms with E-state index >= 15 is 0 Å². The molecule has 1 N–H and O–H groups in total. The summed E-state index contributed by atoms with van der Waals surface area (Å²) in [5, 5.41) is 9.18. The summed E-state index contributed by atoms with van der Waals surface area (Å²) >= 11 is 0. The normalized spacial score (nSPS) is 10.1. The fourth-order valence-electron chi connectivity index (χ4n) is 1.93. The zero-order chi connectivity index (χ0) is 14.9. The number of aryl methyl sites for hydroxylation is 1. The number of hydrogen-bond acceptors (Lipinski definition) is 4. The van der Waals surface area contributed by atoms with Crippen molar-refractivity contribution >= 4 is 5.78 Å². The number of carbonyl (C=O) groups excluding carboxylic acids is 1. The Morgan fingerprint density at radius 1 is 1.35 bits per heavy atom. The highest BCUT2D eigenvalue weighted by atomic mass is 16.2. The van der Waals surface area contributed by atoms with Crippen molar-refractivity contribution in [3.05, 3.63) is 61.9 Å². The number of rotatable bonds is 2. The van der Waals surface area contributed by atoms with Gasteiger partial charge in [0.15, 0.2) is 5.78 Å². The fraction of sp³-hybridized carbons (Fsp3) is 0.143. The Morgan fingerprint density at radius 3 is 2.65 bits per heavy atom. The molecule has 2 rings (SSSR count). The van der Waals surface area contributed by atoms with E-state index in [2.05, 4.69) is 4.98 Å². The number of aromatic amines is 1. The van der Waals surface area contributed by atoms with Crippen molar-refractivity contribution in [2.45, 2.75) is 13.8 Å². The quantitative estimate of drug-likeness (QED) is 0.819.